The number of hydrogen-bond acceptors (Lipinski definition) is 3. The summed E-state index contributed by atoms with van der Waals surface area (Å²) < 4.78 is 5.16. The summed E-state index contributed by atoms with van der Waals surface area (Å²) in [7, 11) is 0. The third-order valence-electron chi connectivity index (χ3n) is 1.55. The molecule has 0 unspecified atom stereocenters. The van der Waals surface area contributed by atoms with Crippen LogP contribution in [-0.4, -0.2) is 11.5 Å². The average Bonchev–Trinajstić information content (AvgIpc) is 2.20. The number of nitro benzene ring substituents is 1. The molecule has 0 amide bonds. The quantitative estimate of drug-likeness (QED) is 0.606. The molecule has 0 saturated heterocycles. The molecule has 0 N–H and O–H groups in total. The first kappa shape index (κ1) is 11.8. The van der Waals surface area contributed by atoms with Crippen LogP contribution in [0.15, 0.2) is 29.8 Å². The van der Waals surface area contributed by atoms with Crippen LogP contribution in [0.2, 0.25) is 5.02 Å². The molecule has 0 aromatic heterocycles. The van der Waals surface area contributed by atoms with Gasteiger partial charge in [-0.25, -0.2) is 0 Å². The van der Waals surface area contributed by atoms with Crippen molar-refractivity contribution in [1.29, 1.82) is 0 Å². The van der Waals surface area contributed by atoms with E-state index in [0.717, 1.165) is 0 Å². The number of non-ortho nitro benzene ring substituents is 1. The van der Waals surface area contributed by atoms with Crippen molar-refractivity contribution in [2.45, 2.75) is 0 Å². The highest BCUT2D eigenvalue weighted by molar-refractivity contribution is 6.32. The molecule has 80 valence electrons. The van der Waals surface area contributed by atoms with Gasteiger partial charge in [0.15, 0.2) is 0 Å². The van der Waals surface area contributed by atoms with Gasteiger partial charge in [0, 0.05) is 11.6 Å². The van der Waals surface area contributed by atoms with Gasteiger partial charge in [0.05, 0.1) is 16.0 Å². The number of ether oxygens (including phenoxy) is 1. The maximum atomic E-state index is 10.5. The summed E-state index contributed by atoms with van der Waals surface area (Å²) >= 11 is 11.1. The Labute approximate surface area is 96.2 Å². The molecule has 0 saturated carbocycles. The van der Waals surface area contributed by atoms with Gasteiger partial charge < -0.3 is 4.74 Å². The number of nitrogens with zero attached hydrogens (tertiary/aromatic N) is 1. The zero-order valence-electron chi connectivity index (χ0n) is 7.52. The minimum Gasteiger partial charge on any atom is -0.488 e. The van der Waals surface area contributed by atoms with Crippen LogP contribution in [0.5, 0.6) is 5.75 Å². The first-order valence-corrected chi connectivity index (χ1v) is 4.78. The molecule has 4 nitrogen and oxygen atoms in total. The SMILES string of the molecule is O=[N+]([O-])c1ccc(Cl)c(OCC=CCl)c1. The van der Waals surface area contributed by atoms with Crippen LogP contribution in [0, 0.1) is 10.1 Å². The fourth-order valence-corrected chi connectivity index (χ4v) is 1.14. The third-order valence-corrected chi connectivity index (χ3v) is 2.04. The van der Waals surface area contributed by atoms with E-state index in [1.807, 2.05) is 0 Å². The molecule has 15 heavy (non-hydrogen) atoms. The summed E-state index contributed by atoms with van der Waals surface area (Å²) in [6.45, 7) is 0.213. The van der Waals surface area contributed by atoms with Gasteiger partial charge >= 0.3 is 0 Å². The Morgan fingerprint density at radius 2 is 2.27 bits per heavy atom. The van der Waals surface area contributed by atoms with Gasteiger partial charge in [-0.3, -0.25) is 10.1 Å². The molecule has 0 aliphatic carbocycles. The second-order valence-corrected chi connectivity index (χ2v) is 3.20. The highest BCUT2D eigenvalue weighted by atomic mass is 35.5. The smallest absolute Gasteiger partial charge is 0.273 e. The lowest BCUT2D eigenvalue weighted by molar-refractivity contribution is -0.384. The molecule has 1 aromatic rings. The topological polar surface area (TPSA) is 52.4 Å². The highest BCUT2D eigenvalue weighted by Crippen LogP contribution is 2.28. The largest absolute Gasteiger partial charge is 0.488 e. The Hall–Kier alpha value is -1.26. The molecule has 0 spiro atoms. The summed E-state index contributed by atoms with van der Waals surface area (Å²) in [6.07, 6.45) is 1.55. The molecule has 0 heterocycles. The van der Waals surface area contributed by atoms with Crippen LogP contribution in [-0.2, 0) is 0 Å². The summed E-state index contributed by atoms with van der Waals surface area (Å²) in [5, 5.41) is 10.8. The van der Waals surface area contributed by atoms with Crippen LogP contribution in [0.3, 0.4) is 0 Å². The number of hydrogen-bond donors (Lipinski definition) is 0. The lowest BCUT2D eigenvalue weighted by Crippen LogP contribution is -1.95. The first-order chi connectivity index (χ1) is 7.15. The molecule has 0 aliphatic heterocycles. The van der Waals surface area contributed by atoms with E-state index in [0.29, 0.717) is 5.02 Å². The Balaban J connectivity index is 2.85. The fraction of sp³-hybridized carbons (Fsp3) is 0.111. The van der Waals surface area contributed by atoms with Gasteiger partial charge in [0.2, 0.25) is 0 Å². The summed E-state index contributed by atoms with van der Waals surface area (Å²) in [5.41, 5.74) is 1.23. The van der Waals surface area contributed by atoms with Crippen molar-refractivity contribution >= 4 is 28.9 Å². The van der Waals surface area contributed by atoms with E-state index < -0.39 is 4.92 Å². The molecular weight excluding hydrogens is 241 g/mol. The molecule has 6 heteroatoms. The zero-order chi connectivity index (χ0) is 11.3. The maximum Gasteiger partial charge on any atom is 0.273 e. The molecule has 0 atom stereocenters. The minimum absolute atomic E-state index is 0.0655. The number of benzene rings is 1. The number of nitro groups is 1. The van der Waals surface area contributed by atoms with Crippen LogP contribution in [0.4, 0.5) is 5.69 Å². The maximum absolute atomic E-state index is 10.5. The molecule has 0 radical (unpaired) electrons. The van der Waals surface area contributed by atoms with Gasteiger partial charge in [-0.1, -0.05) is 23.2 Å². The Kier molecular flexibility index (Phi) is 4.39. The van der Waals surface area contributed by atoms with Gasteiger partial charge in [0.25, 0.3) is 5.69 Å². The fourth-order valence-electron chi connectivity index (χ4n) is 0.890. The molecule has 1 aromatic carbocycles. The predicted octanol–water partition coefficient (Wildman–Crippen LogP) is 3.38. The van der Waals surface area contributed by atoms with Crippen molar-refractivity contribution in [3.63, 3.8) is 0 Å². The van der Waals surface area contributed by atoms with E-state index in [1.54, 1.807) is 6.08 Å². The Morgan fingerprint density at radius 3 is 2.87 bits per heavy atom. The molecular formula is C9H7Cl2NO3. The van der Waals surface area contributed by atoms with E-state index in [9.17, 15) is 10.1 Å². The van der Waals surface area contributed by atoms with Crippen molar-refractivity contribution in [3.05, 3.63) is 44.9 Å². The lowest BCUT2D eigenvalue weighted by Gasteiger charge is -2.04. The zero-order valence-corrected chi connectivity index (χ0v) is 9.03. The molecule has 0 bridgehead atoms. The van der Waals surface area contributed by atoms with Crippen molar-refractivity contribution in [2.75, 3.05) is 6.61 Å². The van der Waals surface area contributed by atoms with E-state index in [4.69, 9.17) is 27.9 Å². The van der Waals surface area contributed by atoms with Crippen molar-refractivity contribution in [3.8, 4) is 5.75 Å². The lowest BCUT2D eigenvalue weighted by atomic mass is 10.3. The predicted molar refractivity (Wildman–Crippen MR) is 58.6 cm³/mol. The van der Waals surface area contributed by atoms with Gasteiger partial charge in [-0.2, -0.15) is 0 Å². The number of rotatable bonds is 4. The summed E-state index contributed by atoms with van der Waals surface area (Å²) in [6, 6.07) is 4.00. The summed E-state index contributed by atoms with van der Waals surface area (Å²) in [4.78, 5) is 9.95. The molecule has 1 rings (SSSR count). The van der Waals surface area contributed by atoms with Crippen LogP contribution in [0.1, 0.15) is 0 Å². The first-order valence-electron chi connectivity index (χ1n) is 3.97. The second kappa shape index (κ2) is 5.58. The van der Waals surface area contributed by atoms with Gasteiger partial charge in [-0.05, 0) is 12.1 Å². The Bertz CT molecular complexity index is 393. The molecule has 0 fully saturated rings. The van der Waals surface area contributed by atoms with Crippen LogP contribution >= 0.6 is 23.2 Å². The Morgan fingerprint density at radius 1 is 1.53 bits per heavy atom. The summed E-state index contributed by atoms with van der Waals surface area (Å²) in [5.74, 6) is 0.264. The van der Waals surface area contributed by atoms with E-state index >= 15 is 0 Å². The highest BCUT2D eigenvalue weighted by Gasteiger charge is 2.09. The van der Waals surface area contributed by atoms with Crippen molar-refractivity contribution in [1.82, 2.24) is 0 Å². The van der Waals surface area contributed by atoms with Crippen LogP contribution in [0.25, 0.3) is 0 Å². The third kappa shape index (κ3) is 3.42. The monoisotopic (exact) mass is 247 g/mol. The molecule has 0 aliphatic rings. The second-order valence-electron chi connectivity index (χ2n) is 2.54. The normalized spacial score (nSPS) is 10.5. The minimum atomic E-state index is -0.513. The van der Waals surface area contributed by atoms with E-state index in [2.05, 4.69) is 0 Å². The van der Waals surface area contributed by atoms with Crippen LogP contribution < -0.4 is 4.74 Å². The number of halogens is 2. The van der Waals surface area contributed by atoms with Gasteiger partial charge in [-0.15, -0.1) is 0 Å². The standard InChI is InChI=1S/C9H7Cl2NO3/c10-4-1-5-15-9-6-7(12(13)14)2-3-8(9)11/h1-4,6H,5H2. The van der Waals surface area contributed by atoms with E-state index in [-0.39, 0.29) is 18.0 Å². The van der Waals surface area contributed by atoms with E-state index in [1.165, 1.54) is 23.7 Å². The van der Waals surface area contributed by atoms with Crippen molar-refractivity contribution in [2.24, 2.45) is 0 Å². The average molecular weight is 248 g/mol. The van der Waals surface area contributed by atoms with Crippen molar-refractivity contribution < 1.29 is 9.66 Å². The van der Waals surface area contributed by atoms with Gasteiger partial charge in [0.1, 0.15) is 12.4 Å².